The number of aliphatic imine (C=N–C) groups is 1. The van der Waals surface area contributed by atoms with Gasteiger partial charge in [-0.3, -0.25) is 9.89 Å². The second kappa shape index (κ2) is 9.04. The topological polar surface area (TPSA) is 100 Å². The van der Waals surface area contributed by atoms with Gasteiger partial charge < -0.3 is 4.74 Å². The number of carbonyl (C=O) groups excluding carboxylic acids is 1. The molecule has 0 amide bonds. The molecule has 0 saturated carbocycles. The van der Waals surface area contributed by atoms with Gasteiger partial charge in [0.25, 0.3) is 5.56 Å². The number of aromatic nitrogens is 2. The average Bonchev–Trinajstić information content (AvgIpc) is 3.20. The van der Waals surface area contributed by atoms with Crippen LogP contribution in [0.5, 0.6) is 0 Å². The smallest absolute Gasteiger partial charge is 0.348 e. The molecule has 0 atom stereocenters. The molecule has 2 aromatic heterocycles. The number of benzene rings is 1. The summed E-state index contributed by atoms with van der Waals surface area (Å²) in [5, 5.41) is 13.0. The molecule has 0 aliphatic rings. The number of ether oxygens (including phenoxy) is 1. The normalized spacial score (nSPS) is 11.1. The molecule has 0 aliphatic heterocycles. The summed E-state index contributed by atoms with van der Waals surface area (Å²) in [4.78, 5) is 29.9. The molecule has 1 N–H and O–H groups in total. The van der Waals surface area contributed by atoms with Crippen molar-refractivity contribution in [3.8, 4) is 11.8 Å². The van der Waals surface area contributed by atoms with Crippen LogP contribution in [-0.4, -0.2) is 28.6 Å². The van der Waals surface area contributed by atoms with E-state index in [4.69, 9.17) is 4.74 Å². The Balaban J connectivity index is 2.05. The lowest BCUT2D eigenvalue weighted by atomic mass is 10.1. The number of aromatic amines is 1. The Hall–Kier alpha value is -2.96. The Bertz CT molecular complexity index is 1310. The monoisotopic (exact) mass is 500 g/mol. The Morgan fingerprint density at radius 2 is 2.00 bits per heavy atom. The van der Waals surface area contributed by atoms with Crippen LogP contribution in [0.2, 0.25) is 0 Å². The maximum atomic E-state index is 13.1. The van der Waals surface area contributed by atoms with Crippen molar-refractivity contribution in [3.63, 3.8) is 0 Å². The van der Waals surface area contributed by atoms with Crippen molar-refractivity contribution < 1.29 is 9.53 Å². The highest BCUT2D eigenvalue weighted by atomic mass is 79.9. The van der Waals surface area contributed by atoms with Crippen LogP contribution < -0.4 is 5.56 Å². The van der Waals surface area contributed by atoms with E-state index in [0.717, 1.165) is 32.6 Å². The van der Waals surface area contributed by atoms with Crippen LogP contribution in [0.1, 0.15) is 50.1 Å². The molecule has 0 spiro atoms. The van der Waals surface area contributed by atoms with Crippen LogP contribution in [0.4, 0.5) is 5.00 Å². The van der Waals surface area contributed by atoms with Crippen molar-refractivity contribution in [2.75, 3.05) is 6.61 Å². The maximum absolute atomic E-state index is 13.1. The molecule has 0 aliphatic carbocycles. The minimum Gasteiger partial charge on any atom is -0.462 e. The molecule has 0 saturated heterocycles. The van der Waals surface area contributed by atoms with Crippen LogP contribution in [-0.2, 0) is 4.74 Å². The van der Waals surface area contributed by atoms with E-state index in [2.05, 4.69) is 32.1 Å². The van der Waals surface area contributed by atoms with E-state index >= 15 is 0 Å². The van der Waals surface area contributed by atoms with Crippen molar-refractivity contribution in [3.05, 3.63) is 65.3 Å². The first-order valence-corrected chi connectivity index (χ1v) is 11.1. The third-order valence-corrected chi connectivity index (χ3v) is 7.10. The Morgan fingerprint density at radius 3 is 2.65 bits per heavy atom. The van der Waals surface area contributed by atoms with E-state index in [1.54, 1.807) is 20.8 Å². The number of carbonyl (C=O) groups is 1. The van der Waals surface area contributed by atoms with Gasteiger partial charge in [-0.2, -0.15) is 5.26 Å². The second-order valence-electron chi connectivity index (χ2n) is 6.93. The fourth-order valence-corrected chi connectivity index (χ4v) is 4.56. The van der Waals surface area contributed by atoms with Crippen LogP contribution in [0.25, 0.3) is 5.69 Å². The number of nitriles is 1. The quantitative estimate of drug-likeness (QED) is 0.392. The van der Waals surface area contributed by atoms with E-state index in [1.165, 1.54) is 10.9 Å². The Kier molecular flexibility index (Phi) is 6.62. The SMILES string of the molecule is CCOC(=O)c1sc(N=Cc2c(C)[nH]n(-c3ccc(Br)c(C)c3C)c2=O)c(C#N)c1C. The Labute approximate surface area is 192 Å². The fourth-order valence-electron chi connectivity index (χ4n) is 3.13. The van der Waals surface area contributed by atoms with Gasteiger partial charge in [0, 0.05) is 16.4 Å². The number of nitrogens with one attached hydrogen (secondary N) is 1. The number of thiophene rings is 1. The predicted molar refractivity (Wildman–Crippen MR) is 125 cm³/mol. The van der Waals surface area contributed by atoms with Crippen LogP contribution in [0.3, 0.4) is 0 Å². The molecular weight excluding hydrogens is 480 g/mol. The summed E-state index contributed by atoms with van der Waals surface area (Å²) in [5.41, 5.74) is 4.39. The fraction of sp³-hybridized carbons (Fsp3) is 0.273. The summed E-state index contributed by atoms with van der Waals surface area (Å²) in [6, 6.07) is 5.86. The first-order valence-electron chi connectivity index (χ1n) is 9.53. The predicted octanol–water partition coefficient (Wildman–Crippen LogP) is 5.02. The minimum atomic E-state index is -0.482. The van der Waals surface area contributed by atoms with Crippen molar-refractivity contribution >= 4 is 44.5 Å². The maximum Gasteiger partial charge on any atom is 0.348 e. The largest absolute Gasteiger partial charge is 0.462 e. The number of halogens is 1. The molecule has 160 valence electrons. The Morgan fingerprint density at radius 1 is 1.29 bits per heavy atom. The minimum absolute atomic E-state index is 0.244. The van der Waals surface area contributed by atoms with Gasteiger partial charge >= 0.3 is 5.97 Å². The number of esters is 1. The molecule has 2 heterocycles. The molecule has 7 nitrogen and oxygen atoms in total. The van der Waals surface area contributed by atoms with Gasteiger partial charge in [-0.15, -0.1) is 11.3 Å². The number of hydrogen-bond acceptors (Lipinski definition) is 6. The number of nitrogens with zero attached hydrogens (tertiary/aromatic N) is 3. The first kappa shape index (κ1) is 22.7. The van der Waals surface area contributed by atoms with Gasteiger partial charge in [0.1, 0.15) is 15.9 Å². The molecule has 0 bridgehead atoms. The van der Waals surface area contributed by atoms with E-state index < -0.39 is 5.97 Å². The highest BCUT2D eigenvalue weighted by molar-refractivity contribution is 9.10. The zero-order chi connectivity index (χ0) is 22.9. The molecule has 1 aromatic carbocycles. The number of rotatable bonds is 5. The van der Waals surface area contributed by atoms with Crippen LogP contribution in [0.15, 0.2) is 26.4 Å². The number of aryl methyl sites for hydroxylation is 1. The summed E-state index contributed by atoms with van der Waals surface area (Å²) in [5.74, 6) is -0.482. The highest BCUT2D eigenvalue weighted by Crippen LogP contribution is 2.35. The van der Waals surface area contributed by atoms with E-state index in [9.17, 15) is 14.9 Å². The molecule has 0 fully saturated rings. The molecule has 0 radical (unpaired) electrons. The van der Waals surface area contributed by atoms with Gasteiger partial charge in [0.15, 0.2) is 0 Å². The first-order chi connectivity index (χ1) is 14.7. The van der Waals surface area contributed by atoms with Crippen molar-refractivity contribution in [2.24, 2.45) is 4.99 Å². The number of hydrogen-bond donors (Lipinski definition) is 1. The van der Waals surface area contributed by atoms with E-state index in [0.29, 0.717) is 32.3 Å². The standard InChI is InChI=1S/C22H21BrN4O3S/c1-6-30-22(29)19-13(4)15(9-24)20(31-19)25-10-16-14(5)26-27(21(16)28)18-8-7-17(23)11(2)12(18)3/h7-8,10,26H,6H2,1-5H3. The zero-order valence-corrected chi connectivity index (χ0v) is 20.2. The van der Waals surface area contributed by atoms with Gasteiger partial charge in [-0.1, -0.05) is 15.9 Å². The second-order valence-corrected chi connectivity index (χ2v) is 8.79. The molecular formula is C22H21BrN4O3S. The third kappa shape index (κ3) is 4.13. The molecule has 31 heavy (non-hydrogen) atoms. The van der Waals surface area contributed by atoms with Gasteiger partial charge in [-0.05, 0) is 63.4 Å². The van der Waals surface area contributed by atoms with E-state index in [1.807, 2.05) is 26.0 Å². The molecule has 0 unspecified atom stereocenters. The van der Waals surface area contributed by atoms with Gasteiger partial charge in [0.05, 0.1) is 23.4 Å². The molecule has 9 heteroatoms. The number of H-pyrrole nitrogens is 1. The summed E-state index contributed by atoms with van der Waals surface area (Å²) in [7, 11) is 0. The lowest BCUT2D eigenvalue weighted by Crippen LogP contribution is -2.18. The lowest BCUT2D eigenvalue weighted by Gasteiger charge is -2.10. The third-order valence-electron chi connectivity index (χ3n) is 5.06. The molecule has 3 aromatic rings. The van der Waals surface area contributed by atoms with Gasteiger partial charge in [-0.25, -0.2) is 14.5 Å². The summed E-state index contributed by atoms with van der Waals surface area (Å²) >= 11 is 4.59. The van der Waals surface area contributed by atoms with Crippen molar-refractivity contribution in [2.45, 2.75) is 34.6 Å². The van der Waals surface area contributed by atoms with Crippen molar-refractivity contribution in [1.29, 1.82) is 5.26 Å². The van der Waals surface area contributed by atoms with Crippen LogP contribution in [0, 0.1) is 39.0 Å². The zero-order valence-electron chi connectivity index (χ0n) is 17.8. The lowest BCUT2D eigenvalue weighted by molar-refractivity contribution is 0.0531. The summed E-state index contributed by atoms with van der Waals surface area (Å²) < 4.78 is 7.51. The van der Waals surface area contributed by atoms with Crippen molar-refractivity contribution in [1.82, 2.24) is 9.78 Å². The highest BCUT2D eigenvalue weighted by Gasteiger charge is 2.21. The average molecular weight is 501 g/mol. The summed E-state index contributed by atoms with van der Waals surface area (Å²) in [6.45, 7) is 9.38. The van der Waals surface area contributed by atoms with Gasteiger partial charge in [0.2, 0.25) is 0 Å². The van der Waals surface area contributed by atoms with E-state index in [-0.39, 0.29) is 12.2 Å². The summed E-state index contributed by atoms with van der Waals surface area (Å²) in [6.07, 6.45) is 1.44. The molecule has 3 rings (SSSR count). The van der Waals surface area contributed by atoms with Crippen LogP contribution >= 0.6 is 27.3 Å².